The third-order valence-electron chi connectivity index (χ3n) is 10.0. The minimum Gasteiger partial charge on any atom is -0.545 e. The van der Waals surface area contributed by atoms with Gasteiger partial charge in [0, 0.05) is 34.7 Å². The van der Waals surface area contributed by atoms with Crippen molar-refractivity contribution >= 4 is 46.9 Å². The summed E-state index contributed by atoms with van der Waals surface area (Å²) in [6.07, 6.45) is 7.71. The number of benzene rings is 3. The van der Waals surface area contributed by atoms with E-state index in [1.165, 1.54) is 48.5 Å². The number of halogens is 4. The van der Waals surface area contributed by atoms with Crippen LogP contribution >= 0.6 is 23.2 Å². The molecule has 5 atom stereocenters. The van der Waals surface area contributed by atoms with Crippen LogP contribution in [0.4, 0.5) is 19.3 Å². The number of nitrogens with zero attached hydrogens (tertiary/aromatic N) is 1. The minimum atomic E-state index is -1.86. The van der Waals surface area contributed by atoms with Gasteiger partial charge in [0.15, 0.2) is 0 Å². The van der Waals surface area contributed by atoms with E-state index in [0.717, 1.165) is 31.7 Å². The van der Waals surface area contributed by atoms with Crippen LogP contribution in [0.25, 0.3) is 0 Å². The van der Waals surface area contributed by atoms with E-state index in [9.17, 15) is 24.8 Å². The second-order valence-electron chi connectivity index (χ2n) is 15.3. The molecule has 1 aliphatic carbocycles. The van der Waals surface area contributed by atoms with E-state index >= 15 is 8.78 Å². The number of nitriles is 1. The van der Waals surface area contributed by atoms with Crippen LogP contribution in [0, 0.1) is 28.4 Å². The average molecular weight is 850 g/mol. The molecule has 2 aliphatic rings. The van der Waals surface area contributed by atoms with E-state index in [1.54, 1.807) is 0 Å². The first-order valence-corrected chi connectivity index (χ1v) is 19.5. The molecule has 1 heterocycles. The minimum absolute atomic E-state index is 0. The monoisotopic (exact) mass is 848 g/mol. The third-order valence-corrected chi connectivity index (χ3v) is 10.6. The molecule has 304 valence electrons. The van der Waals surface area contributed by atoms with Crippen LogP contribution in [0.5, 0.6) is 5.75 Å². The van der Waals surface area contributed by atoms with E-state index in [4.69, 9.17) is 37.5 Å². The van der Waals surface area contributed by atoms with Crippen molar-refractivity contribution in [1.82, 2.24) is 10.8 Å². The molecule has 11 nitrogen and oxygen atoms in total. The maximum absolute atomic E-state index is 16.1. The van der Waals surface area contributed by atoms with E-state index in [1.807, 2.05) is 20.8 Å². The molecule has 1 amide bonds. The zero-order chi connectivity index (χ0) is 41.3. The first-order chi connectivity index (χ1) is 27.1. The van der Waals surface area contributed by atoms with Crippen molar-refractivity contribution in [1.29, 1.82) is 5.26 Å². The standard InChI is InChI=1S/C42H46Cl2F2N4O7.Na/c1-41(2,3)23-34-42(24-47,29-17-16-26(43)22-31(29)45)35(28-13-9-14-30(44)36(28)46)37(50-34)38(51)49-32-18-15-25(39(52)53)21-33(32)55-20-10-19-48-57-40(54)56-27-11-7-5-4-6-8-12-27;/h4-5,9,13-18,21-22,27,34-35,37,48,50H,6-8,10-12,19-20,23H2,1-3H3,(H,49,51)(H,52,53);/q;+1/p-1/b5-4-;. The van der Waals surface area contributed by atoms with Gasteiger partial charge in [0.05, 0.1) is 35.4 Å². The van der Waals surface area contributed by atoms with Gasteiger partial charge in [-0.2, -0.15) is 5.26 Å². The predicted octanol–water partition coefficient (Wildman–Crippen LogP) is 4.92. The Labute approximate surface area is 369 Å². The summed E-state index contributed by atoms with van der Waals surface area (Å²) in [5.74, 6) is -5.29. The van der Waals surface area contributed by atoms with Gasteiger partial charge in [-0.05, 0) is 86.3 Å². The fourth-order valence-corrected chi connectivity index (χ4v) is 7.82. The number of carbonyl (C=O) groups excluding carboxylic acids is 3. The molecule has 58 heavy (non-hydrogen) atoms. The molecule has 0 bridgehead atoms. The first-order valence-electron chi connectivity index (χ1n) is 18.8. The largest absolute Gasteiger partial charge is 1.00 e. The van der Waals surface area contributed by atoms with Crippen molar-refractivity contribution in [3.63, 3.8) is 0 Å². The maximum Gasteiger partial charge on any atom is 1.00 e. The number of hydrogen-bond donors (Lipinski definition) is 3. The van der Waals surface area contributed by atoms with Gasteiger partial charge in [0.25, 0.3) is 0 Å². The summed E-state index contributed by atoms with van der Waals surface area (Å²) in [7, 11) is 0. The van der Waals surface area contributed by atoms with Gasteiger partial charge in [0.1, 0.15) is 28.9 Å². The fourth-order valence-electron chi connectivity index (χ4n) is 7.48. The quantitative estimate of drug-likeness (QED) is 0.0709. The second kappa shape index (κ2) is 21.0. The molecule has 16 heteroatoms. The van der Waals surface area contributed by atoms with Crippen molar-refractivity contribution < 1.29 is 72.1 Å². The van der Waals surface area contributed by atoms with Crippen LogP contribution in [0.15, 0.2) is 66.7 Å². The number of nitrogens with one attached hydrogen (secondary N) is 3. The summed E-state index contributed by atoms with van der Waals surface area (Å²) in [5.41, 5.74) is -0.138. The van der Waals surface area contributed by atoms with Crippen LogP contribution < -0.4 is 55.5 Å². The van der Waals surface area contributed by atoms with Crippen LogP contribution in [0.1, 0.15) is 93.1 Å². The van der Waals surface area contributed by atoms with E-state index in [0.29, 0.717) is 6.42 Å². The van der Waals surface area contributed by atoms with Crippen LogP contribution in [-0.4, -0.2) is 49.4 Å². The zero-order valence-corrected chi connectivity index (χ0v) is 36.4. The molecule has 0 spiro atoms. The van der Waals surface area contributed by atoms with Crippen molar-refractivity contribution in [2.75, 3.05) is 18.5 Å². The van der Waals surface area contributed by atoms with Crippen molar-refractivity contribution in [3.8, 4) is 11.8 Å². The van der Waals surface area contributed by atoms with Crippen LogP contribution in [-0.2, 0) is 19.8 Å². The number of ether oxygens (including phenoxy) is 2. The smallest absolute Gasteiger partial charge is 0.545 e. The second-order valence-corrected chi connectivity index (χ2v) is 16.2. The van der Waals surface area contributed by atoms with Gasteiger partial charge in [-0.3, -0.25) is 4.79 Å². The Morgan fingerprint density at radius 1 is 1.05 bits per heavy atom. The Kier molecular flexibility index (Phi) is 17.0. The van der Waals surface area contributed by atoms with Gasteiger partial charge >= 0.3 is 35.7 Å². The number of aromatic carboxylic acids is 1. The van der Waals surface area contributed by atoms with Gasteiger partial charge in [-0.15, -0.1) is 5.48 Å². The number of carboxylic acid groups (broad SMARTS) is 1. The number of carbonyl (C=O) groups is 3. The van der Waals surface area contributed by atoms with Crippen LogP contribution in [0.2, 0.25) is 10.0 Å². The van der Waals surface area contributed by atoms with E-state index in [2.05, 4.69) is 34.3 Å². The Bertz CT molecular complexity index is 2030. The fraction of sp³-hybridized carbons (Fsp3) is 0.429. The number of carboxylic acids is 1. The summed E-state index contributed by atoms with van der Waals surface area (Å²) in [6.45, 7) is 5.90. The number of hydrogen-bond acceptors (Lipinski definition) is 10. The molecule has 0 aromatic heterocycles. The molecule has 3 aromatic carbocycles. The summed E-state index contributed by atoms with van der Waals surface area (Å²) < 4.78 is 43.4. The molecular weight excluding hydrogens is 804 g/mol. The molecule has 1 saturated heterocycles. The van der Waals surface area contributed by atoms with E-state index < -0.39 is 58.5 Å². The Hall–Kier alpha value is -3.74. The molecule has 0 radical (unpaired) electrons. The zero-order valence-electron chi connectivity index (χ0n) is 32.8. The van der Waals surface area contributed by atoms with Crippen molar-refractivity contribution in [2.24, 2.45) is 5.41 Å². The third kappa shape index (κ3) is 11.5. The normalized spacial score (nSPS) is 22.3. The molecule has 3 aromatic rings. The molecular formula is C42H45Cl2F2N4NaO7. The number of amides is 1. The molecule has 3 N–H and O–H groups in total. The van der Waals surface area contributed by atoms with Crippen molar-refractivity contribution in [2.45, 2.75) is 95.2 Å². The summed E-state index contributed by atoms with van der Waals surface area (Å²) in [6, 6.07) is 11.8. The maximum atomic E-state index is 16.1. The Balaban J connectivity index is 0.00000744. The van der Waals surface area contributed by atoms with Gasteiger partial charge in [-0.25, -0.2) is 13.6 Å². The van der Waals surface area contributed by atoms with Gasteiger partial charge in [-0.1, -0.05) is 80.4 Å². The van der Waals surface area contributed by atoms with Crippen molar-refractivity contribution in [3.05, 3.63) is 105 Å². The molecule has 1 aliphatic heterocycles. The summed E-state index contributed by atoms with van der Waals surface area (Å²) in [5, 5.41) is 28.8. The number of hydroxylamine groups is 1. The Morgan fingerprint density at radius 2 is 1.81 bits per heavy atom. The SMILES string of the molecule is CC(C)(C)CC1NC(C(=O)Nc2ccc(C(=O)[O-])cc2OCCCNOC(=O)OC2CC/C=C\CCC2)C(c2cccc(Cl)c2F)C1(C#N)c1ccc(Cl)cc1F.[Na+]. The molecule has 0 saturated carbocycles. The molecule has 5 rings (SSSR count). The topological polar surface area (TPSA) is 162 Å². The predicted molar refractivity (Wildman–Crippen MR) is 209 cm³/mol. The Morgan fingerprint density at radius 3 is 2.52 bits per heavy atom. The first kappa shape index (κ1) is 46.9. The van der Waals surface area contributed by atoms with Gasteiger partial charge < -0.3 is 34.8 Å². The molecule has 5 unspecified atom stereocenters. The molecule has 1 fully saturated rings. The van der Waals surface area contributed by atoms with E-state index in [-0.39, 0.29) is 99.8 Å². The summed E-state index contributed by atoms with van der Waals surface area (Å²) in [4.78, 5) is 43.5. The average Bonchev–Trinajstić information content (AvgIpc) is 3.45. The van der Waals surface area contributed by atoms with Crippen LogP contribution in [0.3, 0.4) is 0 Å². The van der Waals surface area contributed by atoms with Gasteiger partial charge in [0.2, 0.25) is 5.91 Å². The summed E-state index contributed by atoms with van der Waals surface area (Å²) >= 11 is 12.4. The number of anilines is 1. The number of allylic oxidation sites excluding steroid dienone is 2. The number of rotatable bonds is 13.